The highest BCUT2D eigenvalue weighted by Crippen LogP contribution is 2.41. The number of rotatable bonds is 5. The zero-order valence-corrected chi connectivity index (χ0v) is 20.0. The van der Waals surface area contributed by atoms with Crippen LogP contribution in [0.4, 0.5) is 0 Å². The van der Waals surface area contributed by atoms with Crippen LogP contribution in [0, 0.1) is 0 Å². The van der Waals surface area contributed by atoms with Crippen molar-refractivity contribution in [2.24, 2.45) is 0 Å². The van der Waals surface area contributed by atoms with Crippen molar-refractivity contribution in [3.8, 4) is 34.4 Å². The number of halogens is 1. The van der Waals surface area contributed by atoms with E-state index in [1.54, 1.807) is 30.6 Å². The molecule has 2 aromatic heterocycles. The van der Waals surface area contributed by atoms with E-state index in [1.807, 2.05) is 18.2 Å². The zero-order chi connectivity index (χ0) is 23.2. The number of fused-ring (bicyclic) bond motifs is 4. The highest BCUT2D eigenvalue weighted by Gasteiger charge is 2.21. The molecule has 9 heteroatoms. The number of hydrogen-bond donors (Lipinski definition) is 1. The van der Waals surface area contributed by atoms with Crippen LogP contribution in [0.25, 0.3) is 21.6 Å². The Balaban J connectivity index is 1.32. The Morgan fingerprint density at radius 1 is 1.15 bits per heavy atom. The molecule has 1 N–H and O–H groups in total. The number of nitrogens with one attached hydrogen (secondary N) is 1. The second-order valence-corrected chi connectivity index (χ2v) is 9.76. The van der Waals surface area contributed by atoms with Gasteiger partial charge in [-0.15, -0.1) is 11.3 Å². The van der Waals surface area contributed by atoms with Gasteiger partial charge in [0.1, 0.15) is 17.3 Å². The number of aromatic nitrogens is 2. The molecule has 174 valence electrons. The summed E-state index contributed by atoms with van der Waals surface area (Å²) in [5, 5.41) is 1.09. The Morgan fingerprint density at radius 3 is 2.88 bits per heavy atom. The van der Waals surface area contributed by atoms with Crippen molar-refractivity contribution in [3.63, 3.8) is 0 Å². The Labute approximate surface area is 204 Å². The van der Waals surface area contributed by atoms with E-state index < -0.39 is 0 Å². The molecule has 1 aliphatic heterocycles. The van der Waals surface area contributed by atoms with Gasteiger partial charge in [0, 0.05) is 10.4 Å². The number of hydrogen-bond acceptors (Lipinski definition) is 7. The molecule has 0 amide bonds. The maximum absolute atomic E-state index is 13.0. The van der Waals surface area contributed by atoms with Gasteiger partial charge in [-0.25, -0.2) is 4.98 Å². The Morgan fingerprint density at radius 2 is 2.00 bits per heavy atom. The molecule has 6 rings (SSSR count). The third-order valence-corrected chi connectivity index (χ3v) is 7.61. The van der Waals surface area contributed by atoms with E-state index in [1.165, 1.54) is 4.88 Å². The molecule has 0 fully saturated rings. The van der Waals surface area contributed by atoms with Gasteiger partial charge < -0.3 is 23.9 Å². The van der Waals surface area contributed by atoms with Gasteiger partial charge in [0.25, 0.3) is 5.56 Å². The minimum Gasteiger partial charge on any atom is -0.493 e. The first-order valence-electron chi connectivity index (χ1n) is 11.0. The van der Waals surface area contributed by atoms with Crippen LogP contribution in [0.5, 0.6) is 23.0 Å². The number of ether oxygens (including phenoxy) is 4. The number of aromatic amines is 1. The van der Waals surface area contributed by atoms with Crippen LogP contribution < -0.4 is 24.5 Å². The minimum atomic E-state index is -0.113. The van der Waals surface area contributed by atoms with Gasteiger partial charge in [-0.2, -0.15) is 0 Å². The second-order valence-electron chi connectivity index (χ2n) is 8.27. The molecule has 0 spiro atoms. The van der Waals surface area contributed by atoms with Gasteiger partial charge in [0.15, 0.2) is 23.0 Å². The fraction of sp³-hybridized carbons (Fsp3) is 0.280. The quantitative estimate of drug-likeness (QED) is 0.393. The molecule has 2 aliphatic rings. The van der Waals surface area contributed by atoms with E-state index in [0.29, 0.717) is 39.4 Å². The first kappa shape index (κ1) is 21.3. The summed E-state index contributed by atoms with van der Waals surface area (Å²) in [5.74, 6) is 2.74. The van der Waals surface area contributed by atoms with E-state index in [0.717, 1.165) is 47.0 Å². The maximum atomic E-state index is 13.0. The van der Waals surface area contributed by atoms with Crippen molar-refractivity contribution in [1.82, 2.24) is 9.97 Å². The third-order valence-electron chi connectivity index (χ3n) is 6.15. The summed E-state index contributed by atoms with van der Waals surface area (Å²) in [5.41, 5.74) is 2.61. The number of methoxy groups -OCH3 is 1. The van der Waals surface area contributed by atoms with Crippen molar-refractivity contribution in [2.75, 3.05) is 13.9 Å². The summed E-state index contributed by atoms with van der Waals surface area (Å²) >= 11 is 8.21. The molecule has 4 aromatic rings. The number of aryl methyl sites for hydroxylation is 2. The van der Waals surface area contributed by atoms with Crippen molar-refractivity contribution in [2.45, 2.75) is 32.3 Å². The molecular formula is C25H21ClN2O5S. The minimum absolute atomic E-state index is 0.113. The Hall–Kier alpha value is -3.23. The van der Waals surface area contributed by atoms with Crippen LogP contribution in [0.1, 0.15) is 28.8 Å². The molecule has 0 atom stereocenters. The summed E-state index contributed by atoms with van der Waals surface area (Å²) in [6.07, 6.45) is 4.22. The molecule has 0 radical (unpaired) electrons. The van der Waals surface area contributed by atoms with Gasteiger partial charge >= 0.3 is 0 Å². The summed E-state index contributed by atoms with van der Waals surface area (Å²) < 4.78 is 22.3. The fourth-order valence-electron chi connectivity index (χ4n) is 4.48. The summed E-state index contributed by atoms with van der Waals surface area (Å²) in [7, 11) is 1.55. The lowest BCUT2D eigenvalue weighted by atomic mass is 9.97. The predicted molar refractivity (Wildman–Crippen MR) is 131 cm³/mol. The van der Waals surface area contributed by atoms with E-state index in [-0.39, 0.29) is 19.0 Å². The van der Waals surface area contributed by atoms with Gasteiger partial charge in [-0.1, -0.05) is 17.7 Å². The third kappa shape index (κ3) is 3.67. The number of benzene rings is 2. The fourth-order valence-corrected chi connectivity index (χ4v) is 6.01. The van der Waals surface area contributed by atoms with E-state index in [9.17, 15) is 4.79 Å². The van der Waals surface area contributed by atoms with Crippen LogP contribution in [0.2, 0.25) is 5.02 Å². The van der Waals surface area contributed by atoms with Gasteiger partial charge in [0.2, 0.25) is 6.79 Å². The summed E-state index contributed by atoms with van der Waals surface area (Å²) in [4.78, 5) is 22.7. The molecular weight excluding hydrogens is 476 g/mol. The molecule has 0 saturated heterocycles. The highest BCUT2D eigenvalue weighted by molar-refractivity contribution is 7.18. The van der Waals surface area contributed by atoms with Crippen molar-refractivity contribution in [3.05, 3.63) is 61.7 Å². The normalized spacial score (nSPS) is 14.3. The van der Waals surface area contributed by atoms with Crippen molar-refractivity contribution >= 4 is 33.2 Å². The molecule has 0 saturated carbocycles. The molecule has 0 bridgehead atoms. The van der Waals surface area contributed by atoms with E-state index >= 15 is 0 Å². The smallest absolute Gasteiger partial charge is 0.260 e. The predicted octanol–water partition coefficient (Wildman–Crippen LogP) is 5.50. The lowest BCUT2D eigenvalue weighted by Gasteiger charge is -2.14. The van der Waals surface area contributed by atoms with Gasteiger partial charge in [-0.05, 0) is 61.1 Å². The summed E-state index contributed by atoms with van der Waals surface area (Å²) in [6, 6.07) is 9.15. The Kier molecular flexibility index (Phi) is 5.34. The van der Waals surface area contributed by atoms with E-state index in [2.05, 4.69) is 4.98 Å². The van der Waals surface area contributed by atoms with Crippen LogP contribution in [-0.4, -0.2) is 23.9 Å². The van der Waals surface area contributed by atoms with Crippen LogP contribution in [0.3, 0.4) is 0 Å². The average molecular weight is 497 g/mol. The number of nitrogens with zero attached hydrogens (tertiary/aromatic N) is 1. The second kappa shape index (κ2) is 8.52. The molecule has 34 heavy (non-hydrogen) atoms. The van der Waals surface area contributed by atoms with Crippen LogP contribution >= 0.6 is 22.9 Å². The maximum Gasteiger partial charge on any atom is 0.260 e. The van der Waals surface area contributed by atoms with Crippen LogP contribution in [0.15, 0.2) is 35.1 Å². The largest absolute Gasteiger partial charge is 0.493 e. The number of thiophene rings is 1. The highest BCUT2D eigenvalue weighted by atomic mass is 35.5. The molecule has 2 aromatic carbocycles. The monoisotopic (exact) mass is 496 g/mol. The first-order valence-corrected chi connectivity index (χ1v) is 12.2. The molecule has 1 aliphatic carbocycles. The van der Waals surface area contributed by atoms with E-state index in [4.69, 9.17) is 35.5 Å². The molecule has 0 unspecified atom stereocenters. The van der Waals surface area contributed by atoms with Gasteiger partial charge in [-0.3, -0.25) is 4.79 Å². The van der Waals surface area contributed by atoms with Crippen molar-refractivity contribution in [1.29, 1.82) is 0 Å². The number of H-pyrrole nitrogens is 1. The van der Waals surface area contributed by atoms with Gasteiger partial charge in [0.05, 0.1) is 17.5 Å². The SMILES string of the molecule is COc1cc(-c2nc3sc4c(c3c(=O)[nH]2)CCCC4)cc(Cl)c1OCc1ccc2c(c1)OCO2. The van der Waals surface area contributed by atoms with Crippen LogP contribution in [-0.2, 0) is 19.4 Å². The lowest BCUT2D eigenvalue weighted by Crippen LogP contribution is -2.11. The standard InChI is InChI=1S/C25H21ClN2O5S/c1-30-19-10-14(23-27-24(29)21-15-4-2-3-5-20(15)34-25(21)28-23)9-16(26)22(19)31-11-13-6-7-17-18(8-13)33-12-32-17/h6-10H,2-5,11-12H2,1H3,(H,27,28,29). The zero-order valence-electron chi connectivity index (χ0n) is 18.4. The molecule has 3 heterocycles. The summed E-state index contributed by atoms with van der Waals surface area (Å²) in [6.45, 7) is 0.491. The molecule has 7 nitrogen and oxygen atoms in total. The first-order chi connectivity index (χ1) is 16.6. The topological polar surface area (TPSA) is 82.7 Å². The Bertz CT molecular complexity index is 1480. The van der Waals surface area contributed by atoms with Crippen molar-refractivity contribution < 1.29 is 18.9 Å². The average Bonchev–Trinajstić information content (AvgIpc) is 3.46. The lowest BCUT2D eigenvalue weighted by molar-refractivity contribution is 0.174.